The zero-order valence-corrected chi connectivity index (χ0v) is 10.5. The number of aliphatic carboxylic acids is 1. The highest BCUT2D eigenvalue weighted by Crippen LogP contribution is 2.29. The van der Waals surface area contributed by atoms with Gasteiger partial charge in [0.1, 0.15) is 5.41 Å². The summed E-state index contributed by atoms with van der Waals surface area (Å²) in [5, 5.41) is 10.8. The van der Waals surface area contributed by atoms with Gasteiger partial charge in [0.05, 0.1) is 6.42 Å². The van der Waals surface area contributed by atoms with Gasteiger partial charge in [-0.2, -0.15) is 0 Å². The van der Waals surface area contributed by atoms with E-state index in [9.17, 15) is 19.2 Å². The molecule has 2 atom stereocenters. The molecule has 1 rings (SSSR count). The topological polar surface area (TPSA) is 104 Å². The zero-order valence-electron chi connectivity index (χ0n) is 10.5. The molecule has 7 nitrogen and oxygen atoms in total. The molecule has 2 N–H and O–H groups in total. The fraction of sp³-hybridized carbons (Fsp3) is 0.636. The van der Waals surface area contributed by atoms with Crippen molar-refractivity contribution < 1.29 is 24.3 Å². The molecule has 2 unspecified atom stereocenters. The first-order valence-corrected chi connectivity index (χ1v) is 5.65. The first kappa shape index (κ1) is 14.1. The number of hydrogen-bond acceptors (Lipinski definition) is 4. The summed E-state index contributed by atoms with van der Waals surface area (Å²) in [4.78, 5) is 47.2. The van der Waals surface area contributed by atoms with E-state index in [1.165, 1.54) is 6.92 Å². The predicted molar refractivity (Wildman–Crippen MR) is 60.5 cm³/mol. The van der Waals surface area contributed by atoms with E-state index in [0.717, 1.165) is 4.90 Å². The SMILES string of the molecule is CCC(C)N1C(=O)NC(=O)C(C)(CC(=O)O)C1=O. The number of amides is 4. The highest BCUT2D eigenvalue weighted by Gasteiger charge is 2.52. The van der Waals surface area contributed by atoms with E-state index in [2.05, 4.69) is 0 Å². The summed E-state index contributed by atoms with van der Waals surface area (Å²) in [7, 11) is 0. The van der Waals surface area contributed by atoms with Crippen LogP contribution < -0.4 is 5.32 Å². The van der Waals surface area contributed by atoms with Gasteiger partial charge < -0.3 is 5.11 Å². The van der Waals surface area contributed by atoms with Crippen LogP contribution in [0, 0.1) is 5.41 Å². The molecule has 0 saturated carbocycles. The number of carbonyl (C=O) groups excluding carboxylic acids is 3. The van der Waals surface area contributed by atoms with Gasteiger partial charge in [0, 0.05) is 6.04 Å². The molecule has 7 heteroatoms. The summed E-state index contributed by atoms with van der Waals surface area (Å²) in [6.45, 7) is 4.69. The Bertz CT molecular complexity index is 420. The largest absolute Gasteiger partial charge is 0.481 e. The third kappa shape index (κ3) is 2.20. The molecular weight excluding hydrogens is 240 g/mol. The summed E-state index contributed by atoms with van der Waals surface area (Å²) in [5.41, 5.74) is -1.73. The number of carboxylic acid groups (broad SMARTS) is 1. The molecule has 1 aliphatic heterocycles. The average molecular weight is 256 g/mol. The Balaban J connectivity index is 3.13. The van der Waals surface area contributed by atoms with E-state index < -0.39 is 41.7 Å². The van der Waals surface area contributed by atoms with Crippen LogP contribution in [-0.2, 0) is 14.4 Å². The van der Waals surface area contributed by atoms with Crippen molar-refractivity contribution in [3.8, 4) is 0 Å². The van der Waals surface area contributed by atoms with Gasteiger partial charge in [-0.25, -0.2) is 4.79 Å². The fourth-order valence-electron chi connectivity index (χ4n) is 1.79. The Hall–Kier alpha value is -1.92. The molecule has 100 valence electrons. The normalized spacial score (nSPS) is 25.9. The van der Waals surface area contributed by atoms with Crippen LogP contribution >= 0.6 is 0 Å². The van der Waals surface area contributed by atoms with Gasteiger partial charge in [0.2, 0.25) is 11.8 Å². The lowest BCUT2D eigenvalue weighted by atomic mass is 9.82. The first-order chi connectivity index (χ1) is 8.24. The van der Waals surface area contributed by atoms with Gasteiger partial charge in [-0.3, -0.25) is 24.6 Å². The molecule has 18 heavy (non-hydrogen) atoms. The maximum atomic E-state index is 12.2. The Labute approximate surface area is 104 Å². The highest BCUT2D eigenvalue weighted by atomic mass is 16.4. The van der Waals surface area contributed by atoms with E-state index in [4.69, 9.17) is 5.11 Å². The molecule has 0 aromatic carbocycles. The van der Waals surface area contributed by atoms with E-state index in [0.29, 0.717) is 6.42 Å². The number of nitrogens with one attached hydrogen (secondary N) is 1. The second-order valence-corrected chi connectivity index (χ2v) is 4.59. The first-order valence-electron chi connectivity index (χ1n) is 5.65. The van der Waals surface area contributed by atoms with Crippen LogP contribution in [0.25, 0.3) is 0 Å². The average Bonchev–Trinajstić information content (AvgIpc) is 2.25. The predicted octanol–water partition coefficient (Wildman–Crippen LogP) is 0.344. The minimum atomic E-state index is -1.73. The van der Waals surface area contributed by atoms with Crippen molar-refractivity contribution in [1.82, 2.24) is 10.2 Å². The third-order valence-corrected chi connectivity index (χ3v) is 3.17. The maximum absolute atomic E-state index is 12.2. The van der Waals surface area contributed by atoms with E-state index in [1.807, 2.05) is 5.32 Å². The molecule has 0 bridgehead atoms. The van der Waals surface area contributed by atoms with Crippen molar-refractivity contribution in [2.24, 2.45) is 5.41 Å². The summed E-state index contributed by atoms with van der Waals surface area (Å²) < 4.78 is 0. The quantitative estimate of drug-likeness (QED) is 0.706. The Morgan fingerprint density at radius 1 is 1.44 bits per heavy atom. The van der Waals surface area contributed by atoms with Gasteiger partial charge in [0.25, 0.3) is 0 Å². The number of hydrogen-bond donors (Lipinski definition) is 2. The summed E-state index contributed by atoms with van der Waals surface area (Å²) in [5.74, 6) is -2.88. The number of carbonyl (C=O) groups is 4. The van der Waals surface area contributed by atoms with Crippen LogP contribution in [0.4, 0.5) is 4.79 Å². The summed E-state index contributed by atoms with van der Waals surface area (Å²) in [6.07, 6.45) is -0.117. The smallest absolute Gasteiger partial charge is 0.331 e. The monoisotopic (exact) mass is 256 g/mol. The number of rotatable bonds is 4. The molecule has 0 aromatic rings. The van der Waals surface area contributed by atoms with Crippen molar-refractivity contribution in [1.29, 1.82) is 0 Å². The molecular formula is C11H16N2O5. The lowest BCUT2D eigenvalue weighted by Gasteiger charge is -2.38. The van der Waals surface area contributed by atoms with Crippen LogP contribution in [0.5, 0.6) is 0 Å². The molecule has 0 aliphatic carbocycles. The highest BCUT2D eigenvalue weighted by molar-refractivity contribution is 6.20. The molecule has 4 amide bonds. The van der Waals surface area contributed by atoms with Crippen LogP contribution in [-0.4, -0.2) is 39.9 Å². The van der Waals surface area contributed by atoms with Crippen molar-refractivity contribution >= 4 is 23.8 Å². The van der Waals surface area contributed by atoms with Crippen molar-refractivity contribution in [2.45, 2.75) is 39.7 Å². The maximum Gasteiger partial charge on any atom is 0.331 e. The van der Waals surface area contributed by atoms with E-state index >= 15 is 0 Å². The van der Waals surface area contributed by atoms with Gasteiger partial charge >= 0.3 is 12.0 Å². The minimum Gasteiger partial charge on any atom is -0.481 e. The number of urea groups is 1. The van der Waals surface area contributed by atoms with Crippen molar-refractivity contribution in [3.05, 3.63) is 0 Å². The summed E-state index contributed by atoms with van der Waals surface area (Å²) in [6, 6.07) is -1.18. The lowest BCUT2D eigenvalue weighted by molar-refractivity contribution is -0.158. The summed E-state index contributed by atoms with van der Waals surface area (Å²) >= 11 is 0. The fourth-order valence-corrected chi connectivity index (χ4v) is 1.79. The molecule has 0 aromatic heterocycles. The van der Waals surface area contributed by atoms with Gasteiger partial charge in [-0.15, -0.1) is 0 Å². The van der Waals surface area contributed by atoms with Crippen LogP contribution in [0.15, 0.2) is 0 Å². The Kier molecular flexibility index (Phi) is 3.73. The molecule has 0 radical (unpaired) electrons. The molecule has 1 aliphatic rings. The van der Waals surface area contributed by atoms with Gasteiger partial charge in [-0.05, 0) is 20.3 Å². The van der Waals surface area contributed by atoms with Crippen molar-refractivity contribution in [3.63, 3.8) is 0 Å². The Morgan fingerprint density at radius 3 is 2.44 bits per heavy atom. The number of imide groups is 2. The van der Waals surface area contributed by atoms with Gasteiger partial charge in [-0.1, -0.05) is 6.92 Å². The minimum absolute atomic E-state index is 0.390. The molecule has 1 heterocycles. The van der Waals surface area contributed by atoms with Crippen LogP contribution in [0.1, 0.15) is 33.6 Å². The van der Waals surface area contributed by atoms with Gasteiger partial charge in [0.15, 0.2) is 0 Å². The lowest BCUT2D eigenvalue weighted by Crippen LogP contribution is -2.65. The number of nitrogens with zero attached hydrogens (tertiary/aromatic N) is 1. The van der Waals surface area contributed by atoms with Crippen molar-refractivity contribution in [2.75, 3.05) is 0 Å². The van der Waals surface area contributed by atoms with Crippen LogP contribution in [0.2, 0.25) is 0 Å². The number of barbiturate groups is 1. The Morgan fingerprint density at radius 2 is 2.00 bits per heavy atom. The van der Waals surface area contributed by atoms with Crippen LogP contribution in [0.3, 0.4) is 0 Å². The standard InChI is InChI=1S/C11H16N2O5/c1-4-6(2)13-9(17)11(3,5-7(14)15)8(16)12-10(13)18/h6H,4-5H2,1-3H3,(H,14,15)(H,12,16,18). The van der Waals surface area contributed by atoms with E-state index in [-0.39, 0.29) is 0 Å². The molecule has 1 saturated heterocycles. The van der Waals surface area contributed by atoms with E-state index in [1.54, 1.807) is 13.8 Å². The molecule has 1 fully saturated rings. The third-order valence-electron chi connectivity index (χ3n) is 3.17. The second kappa shape index (κ2) is 4.75. The number of carboxylic acids is 1. The zero-order chi connectivity index (χ0) is 14.1. The second-order valence-electron chi connectivity index (χ2n) is 4.59. The molecule has 0 spiro atoms.